The number of rotatable bonds is 7. The first-order valence-electron chi connectivity index (χ1n) is 9.85. The van der Waals surface area contributed by atoms with Crippen LogP contribution in [-0.4, -0.2) is 62.2 Å². The molecule has 1 aliphatic heterocycles. The smallest absolute Gasteiger partial charge is 0.251 e. The summed E-state index contributed by atoms with van der Waals surface area (Å²) in [6, 6.07) is 11.0. The number of nitrogens with zero attached hydrogens (tertiary/aromatic N) is 2. The van der Waals surface area contributed by atoms with Gasteiger partial charge in [-0.05, 0) is 36.8 Å². The Labute approximate surface area is 179 Å². The maximum Gasteiger partial charge on any atom is 0.251 e. The van der Waals surface area contributed by atoms with Gasteiger partial charge in [-0.15, -0.1) is 0 Å². The van der Waals surface area contributed by atoms with E-state index in [0.29, 0.717) is 24.6 Å². The van der Waals surface area contributed by atoms with Crippen LogP contribution in [0.5, 0.6) is 0 Å². The fourth-order valence-electron chi connectivity index (χ4n) is 3.28. The van der Waals surface area contributed by atoms with E-state index >= 15 is 0 Å². The molecule has 2 aromatic rings. The fraction of sp³-hybridized carbons (Fsp3) is 0.333. The van der Waals surface area contributed by atoms with Crippen LogP contribution in [0.1, 0.15) is 23.2 Å². The molecular weight excluding hydrogens is 428 g/mol. The highest BCUT2D eigenvalue weighted by Crippen LogP contribution is 2.22. The van der Waals surface area contributed by atoms with E-state index in [1.54, 1.807) is 24.3 Å². The van der Waals surface area contributed by atoms with E-state index in [1.165, 1.54) is 4.90 Å². The third kappa shape index (κ3) is 5.65. The Balaban J connectivity index is 1.45. The second kappa shape index (κ2) is 9.97. The van der Waals surface area contributed by atoms with E-state index < -0.39 is 26.6 Å². The zero-order valence-corrected chi connectivity index (χ0v) is 17.6. The molecule has 1 heterocycles. The minimum absolute atomic E-state index is 0.00519. The average Bonchev–Trinajstić information content (AvgIpc) is 2.78. The number of hydrogen-bond donors (Lipinski definition) is 1. The third-order valence-electron chi connectivity index (χ3n) is 4.99. The van der Waals surface area contributed by atoms with E-state index in [9.17, 15) is 26.8 Å². The van der Waals surface area contributed by atoms with Crippen molar-refractivity contribution in [3.05, 3.63) is 65.7 Å². The van der Waals surface area contributed by atoms with Gasteiger partial charge in [0, 0.05) is 44.7 Å². The van der Waals surface area contributed by atoms with E-state index in [1.807, 2.05) is 6.07 Å². The van der Waals surface area contributed by atoms with Crippen LogP contribution in [0.25, 0.3) is 0 Å². The summed E-state index contributed by atoms with van der Waals surface area (Å²) in [5, 5.41) is 2.75. The minimum Gasteiger partial charge on any atom is -0.352 e. The summed E-state index contributed by atoms with van der Waals surface area (Å²) in [6.07, 6.45) is 0.658. The monoisotopic (exact) mass is 451 g/mol. The molecule has 0 aromatic heterocycles. The first kappa shape index (κ1) is 22.8. The van der Waals surface area contributed by atoms with Crippen molar-refractivity contribution in [2.24, 2.45) is 0 Å². The summed E-state index contributed by atoms with van der Waals surface area (Å²) in [6.45, 7) is 0.646. The van der Waals surface area contributed by atoms with Crippen LogP contribution in [0, 0.1) is 11.6 Å². The number of hydrogen-bond acceptors (Lipinski definition) is 4. The highest BCUT2D eigenvalue weighted by atomic mass is 32.2. The lowest BCUT2D eigenvalue weighted by Gasteiger charge is -2.34. The zero-order valence-electron chi connectivity index (χ0n) is 16.8. The molecule has 0 aliphatic carbocycles. The molecule has 31 heavy (non-hydrogen) atoms. The molecule has 0 bridgehead atoms. The van der Waals surface area contributed by atoms with Crippen LogP contribution in [0.2, 0.25) is 0 Å². The molecule has 2 aromatic carbocycles. The van der Waals surface area contributed by atoms with Crippen LogP contribution < -0.4 is 5.32 Å². The third-order valence-corrected chi connectivity index (χ3v) is 6.91. The fourth-order valence-corrected chi connectivity index (χ4v) is 4.78. The molecule has 0 unspecified atom stereocenters. The first-order chi connectivity index (χ1) is 14.8. The Hall–Kier alpha value is -2.85. The van der Waals surface area contributed by atoms with Gasteiger partial charge < -0.3 is 10.2 Å². The molecule has 166 valence electrons. The number of carbonyl (C=O) groups is 2. The molecule has 10 heteroatoms. The molecule has 0 saturated carbocycles. The first-order valence-corrected chi connectivity index (χ1v) is 11.3. The molecule has 1 saturated heterocycles. The number of sulfonamides is 1. The van der Waals surface area contributed by atoms with Gasteiger partial charge in [0.2, 0.25) is 15.9 Å². The van der Waals surface area contributed by atoms with Crippen LogP contribution in [0.15, 0.2) is 53.4 Å². The topological polar surface area (TPSA) is 86.8 Å². The summed E-state index contributed by atoms with van der Waals surface area (Å²) >= 11 is 0. The predicted octanol–water partition coefficient (Wildman–Crippen LogP) is 2.01. The van der Waals surface area contributed by atoms with Gasteiger partial charge in [0.15, 0.2) is 0 Å². The second-order valence-electron chi connectivity index (χ2n) is 7.09. The van der Waals surface area contributed by atoms with Gasteiger partial charge >= 0.3 is 0 Å². The normalized spacial score (nSPS) is 15.0. The molecule has 2 amide bonds. The van der Waals surface area contributed by atoms with Crippen molar-refractivity contribution in [2.45, 2.75) is 17.7 Å². The van der Waals surface area contributed by atoms with Crippen molar-refractivity contribution in [3.63, 3.8) is 0 Å². The molecule has 0 atom stereocenters. The number of halogens is 2. The van der Waals surface area contributed by atoms with Crippen molar-refractivity contribution in [3.8, 4) is 0 Å². The molecule has 3 rings (SSSR count). The van der Waals surface area contributed by atoms with Gasteiger partial charge in [0.25, 0.3) is 5.91 Å². The van der Waals surface area contributed by atoms with Gasteiger partial charge in [-0.2, -0.15) is 4.31 Å². The number of benzene rings is 2. The number of amides is 2. The van der Waals surface area contributed by atoms with E-state index in [4.69, 9.17) is 0 Å². The van der Waals surface area contributed by atoms with E-state index in [-0.39, 0.29) is 44.4 Å². The highest BCUT2D eigenvalue weighted by Gasteiger charge is 2.32. The lowest BCUT2D eigenvalue weighted by atomic mass is 10.2. The number of nitrogens with one attached hydrogen (secondary N) is 1. The van der Waals surface area contributed by atoms with Crippen molar-refractivity contribution in [2.75, 3.05) is 32.7 Å². The van der Waals surface area contributed by atoms with Gasteiger partial charge in [0.05, 0.1) is 0 Å². The maximum absolute atomic E-state index is 13.9. The molecule has 0 spiro atoms. The largest absolute Gasteiger partial charge is 0.352 e. The summed E-state index contributed by atoms with van der Waals surface area (Å²) in [7, 11) is -4.19. The maximum atomic E-state index is 13.9. The van der Waals surface area contributed by atoms with E-state index in [2.05, 4.69) is 5.32 Å². The quantitative estimate of drug-likeness (QED) is 0.653. The van der Waals surface area contributed by atoms with Crippen molar-refractivity contribution in [1.29, 1.82) is 0 Å². The predicted molar refractivity (Wildman–Crippen MR) is 110 cm³/mol. The SMILES string of the molecule is O=C(NCCCC(=O)N1CCN(S(=O)(=O)c2cc(F)ccc2F)CC1)c1ccccc1. The van der Waals surface area contributed by atoms with Crippen molar-refractivity contribution < 1.29 is 26.8 Å². The van der Waals surface area contributed by atoms with Gasteiger partial charge in [-0.25, -0.2) is 17.2 Å². The Bertz CT molecular complexity index is 1040. The Morgan fingerprint density at radius 3 is 2.32 bits per heavy atom. The van der Waals surface area contributed by atoms with Crippen molar-refractivity contribution >= 4 is 21.8 Å². The summed E-state index contributed by atoms with van der Waals surface area (Å²) in [5.74, 6) is -2.22. The molecule has 1 fully saturated rings. The Kier molecular flexibility index (Phi) is 7.34. The van der Waals surface area contributed by atoms with Crippen LogP contribution in [0.4, 0.5) is 8.78 Å². The summed E-state index contributed by atoms with van der Waals surface area (Å²) in [4.78, 5) is 25.2. The lowest BCUT2D eigenvalue weighted by molar-refractivity contribution is -0.132. The molecule has 1 aliphatic rings. The minimum atomic E-state index is -4.19. The highest BCUT2D eigenvalue weighted by molar-refractivity contribution is 7.89. The van der Waals surface area contributed by atoms with Crippen LogP contribution in [-0.2, 0) is 14.8 Å². The Morgan fingerprint density at radius 1 is 0.968 bits per heavy atom. The number of piperazine rings is 1. The standard InChI is InChI=1S/C21H23F2N3O4S/c22-17-8-9-18(23)19(15-17)31(29,30)26-13-11-25(12-14-26)20(27)7-4-10-24-21(28)16-5-2-1-3-6-16/h1-3,5-6,8-9,15H,4,7,10-14H2,(H,24,28). The summed E-state index contributed by atoms with van der Waals surface area (Å²) in [5.41, 5.74) is 0.542. The van der Waals surface area contributed by atoms with E-state index in [0.717, 1.165) is 16.4 Å². The van der Waals surface area contributed by atoms with Gasteiger partial charge in [-0.3, -0.25) is 9.59 Å². The van der Waals surface area contributed by atoms with Gasteiger partial charge in [0.1, 0.15) is 16.5 Å². The second-order valence-corrected chi connectivity index (χ2v) is 8.99. The molecule has 0 radical (unpaired) electrons. The molecule has 1 N–H and O–H groups in total. The van der Waals surface area contributed by atoms with Gasteiger partial charge in [-0.1, -0.05) is 18.2 Å². The molecule has 7 nitrogen and oxygen atoms in total. The average molecular weight is 451 g/mol. The van der Waals surface area contributed by atoms with Crippen molar-refractivity contribution in [1.82, 2.24) is 14.5 Å². The van der Waals surface area contributed by atoms with Crippen LogP contribution >= 0.6 is 0 Å². The number of carbonyl (C=O) groups excluding carboxylic acids is 2. The lowest BCUT2D eigenvalue weighted by Crippen LogP contribution is -2.50. The van der Waals surface area contributed by atoms with Crippen LogP contribution in [0.3, 0.4) is 0 Å². The summed E-state index contributed by atoms with van der Waals surface area (Å²) < 4.78 is 53.5. The Morgan fingerprint density at radius 2 is 1.65 bits per heavy atom. The zero-order chi connectivity index (χ0) is 22.4. The molecular formula is C21H23F2N3O4S.